The standard InChI is InChI=1S/C9H13N3/c10-8-3-9(6-11-5-8)12-4-7-1-2-7/h3,5-7,12H,1-2,4,10H2. The summed E-state index contributed by atoms with van der Waals surface area (Å²) in [4.78, 5) is 4.00. The molecule has 1 fully saturated rings. The van der Waals surface area contributed by atoms with E-state index in [4.69, 9.17) is 5.73 Å². The topological polar surface area (TPSA) is 50.9 Å². The minimum Gasteiger partial charge on any atom is -0.397 e. The SMILES string of the molecule is Nc1cncc(NCC2CC2)c1. The fourth-order valence-electron chi connectivity index (χ4n) is 1.14. The van der Waals surface area contributed by atoms with Crippen molar-refractivity contribution in [3.05, 3.63) is 18.5 Å². The number of anilines is 2. The van der Waals surface area contributed by atoms with E-state index in [0.29, 0.717) is 0 Å². The van der Waals surface area contributed by atoms with Crippen LogP contribution in [0, 0.1) is 5.92 Å². The summed E-state index contributed by atoms with van der Waals surface area (Å²) in [6.07, 6.45) is 6.19. The molecule has 0 atom stereocenters. The molecule has 3 heteroatoms. The lowest BCUT2D eigenvalue weighted by atomic mass is 10.3. The van der Waals surface area contributed by atoms with Crippen LogP contribution < -0.4 is 11.1 Å². The molecule has 0 amide bonds. The summed E-state index contributed by atoms with van der Waals surface area (Å²) in [6, 6.07) is 1.91. The second-order valence-corrected chi connectivity index (χ2v) is 3.33. The van der Waals surface area contributed by atoms with E-state index in [1.165, 1.54) is 12.8 Å². The molecular weight excluding hydrogens is 150 g/mol. The Bertz CT molecular complexity index is 268. The first-order valence-corrected chi connectivity index (χ1v) is 4.29. The van der Waals surface area contributed by atoms with Gasteiger partial charge in [0.25, 0.3) is 0 Å². The maximum atomic E-state index is 5.58. The third kappa shape index (κ3) is 1.87. The number of pyridine rings is 1. The van der Waals surface area contributed by atoms with Gasteiger partial charge in [0.15, 0.2) is 0 Å². The van der Waals surface area contributed by atoms with Crippen molar-refractivity contribution in [2.75, 3.05) is 17.6 Å². The number of nitrogens with zero attached hydrogens (tertiary/aromatic N) is 1. The Morgan fingerprint density at radius 3 is 3.00 bits per heavy atom. The molecule has 1 aliphatic carbocycles. The first kappa shape index (κ1) is 7.40. The third-order valence-corrected chi connectivity index (χ3v) is 2.05. The lowest BCUT2D eigenvalue weighted by Crippen LogP contribution is -2.03. The van der Waals surface area contributed by atoms with E-state index < -0.39 is 0 Å². The highest BCUT2D eigenvalue weighted by Crippen LogP contribution is 2.28. The molecule has 0 unspecified atom stereocenters. The highest BCUT2D eigenvalue weighted by molar-refractivity contribution is 5.51. The van der Waals surface area contributed by atoms with Crippen LogP contribution in [0.2, 0.25) is 0 Å². The fourth-order valence-corrected chi connectivity index (χ4v) is 1.14. The molecule has 3 N–H and O–H groups in total. The minimum absolute atomic E-state index is 0.718. The van der Waals surface area contributed by atoms with Crippen LogP contribution in [0.25, 0.3) is 0 Å². The van der Waals surface area contributed by atoms with Crippen molar-refractivity contribution in [1.82, 2.24) is 4.98 Å². The van der Waals surface area contributed by atoms with Crippen molar-refractivity contribution in [2.24, 2.45) is 5.92 Å². The van der Waals surface area contributed by atoms with Crippen molar-refractivity contribution in [3.63, 3.8) is 0 Å². The number of hydrogen-bond donors (Lipinski definition) is 2. The van der Waals surface area contributed by atoms with Crippen molar-refractivity contribution in [1.29, 1.82) is 0 Å². The van der Waals surface area contributed by atoms with Crippen LogP contribution in [0.3, 0.4) is 0 Å². The van der Waals surface area contributed by atoms with Gasteiger partial charge in [-0.1, -0.05) is 0 Å². The van der Waals surface area contributed by atoms with E-state index in [1.807, 2.05) is 6.07 Å². The zero-order valence-corrected chi connectivity index (χ0v) is 6.96. The highest BCUT2D eigenvalue weighted by atomic mass is 14.9. The van der Waals surface area contributed by atoms with Gasteiger partial charge in [-0.05, 0) is 24.8 Å². The minimum atomic E-state index is 0.718. The quantitative estimate of drug-likeness (QED) is 0.709. The second kappa shape index (κ2) is 3.01. The number of nitrogens with one attached hydrogen (secondary N) is 1. The predicted octanol–water partition coefficient (Wildman–Crippen LogP) is 1.49. The molecule has 2 rings (SSSR count). The monoisotopic (exact) mass is 163 g/mol. The third-order valence-electron chi connectivity index (χ3n) is 2.05. The molecule has 1 heterocycles. The molecule has 0 radical (unpaired) electrons. The molecule has 1 aromatic heterocycles. The molecule has 0 aromatic carbocycles. The van der Waals surface area contributed by atoms with E-state index in [0.717, 1.165) is 23.8 Å². The van der Waals surface area contributed by atoms with E-state index in [9.17, 15) is 0 Å². The number of hydrogen-bond acceptors (Lipinski definition) is 3. The summed E-state index contributed by atoms with van der Waals surface area (Å²) in [5, 5.41) is 3.30. The molecule has 0 saturated heterocycles. The second-order valence-electron chi connectivity index (χ2n) is 3.33. The zero-order chi connectivity index (χ0) is 8.39. The van der Waals surface area contributed by atoms with Crippen molar-refractivity contribution >= 4 is 11.4 Å². The van der Waals surface area contributed by atoms with Gasteiger partial charge >= 0.3 is 0 Å². The molecular formula is C9H13N3. The Morgan fingerprint density at radius 1 is 1.50 bits per heavy atom. The van der Waals surface area contributed by atoms with Crippen molar-refractivity contribution < 1.29 is 0 Å². The Kier molecular flexibility index (Phi) is 1.86. The van der Waals surface area contributed by atoms with Gasteiger partial charge in [0.05, 0.1) is 17.6 Å². The summed E-state index contributed by atoms with van der Waals surface area (Å²) in [7, 11) is 0. The molecule has 0 bridgehead atoms. The smallest absolute Gasteiger partial charge is 0.0547 e. The first-order valence-electron chi connectivity index (χ1n) is 4.29. The van der Waals surface area contributed by atoms with Gasteiger partial charge in [-0.3, -0.25) is 4.98 Å². The van der Waals surface area contributed by atoms with E-state index in [2.05, 4.69) is 10.3 Å². The average Bonchev–Trinajstić information content (AvgIpc) is 2.84. The molecule has 12 heavy (non-hydrogen) atoms. The predicted molar refractivity (Wildman–Crippen MR) is 49.9 cm³/mol. The molecule has 64 valence electrons. The van der Waals surface area contributed by atoms with Crippen LogP contribution in [0.1, 0.15) is 12.8 Å². The Labute approximate surface area is 72.0 Å². The molecule has 0 spiro atoms. The normalized spacial score (nSPS) is 16.0. The van der Waals surface area contributed by atoms with E-state index >= 15 is 0 Å². The van der Waals surface area contributed by atoms with Crippen LogP contribution >= 0.6 is 0 Å². The van der Waals surface area contributed by atoms with Crippen molar-refractivity contribution in [2.45, 2.75) is 12.8 Å². The van der Waals surface area contributed by atoms with Crippen LogP contribution in [-0.4, -0.2) is 11.5 Å². The Morgan fingerprint density at radius 2 is 2.33 bits per heavy atom. The van der Waals surface area contributed by atoms with Gasteiger partial charge in [0, 0.05) is 12.7 Å². The van der Waals surface area contributed by atoms with Gasteiger partial charge < -0.3 is 11.1 Å². The van der Waals surface area contributed by atoms with Crippen LogP contribution in [0.5, 0.6) is 0 Å². The molecule has 1 aliphatic rings. The molecule has 3 nitrogen and oxygen atoms in total. The number of nitrogens with two attached hydrogens (primary N) is 1. The van der Waals surface area contributed by atoms with Gasteiger partial charge in [0.1, 0.15) is 0 Å². The van der Waals surface area contributed by atoms with Crippen molar-refractivity contribution in [3.8, 4) is 0 Å². The molecule has 1 aromatic rings. The summed E-state index contributed by atoms with van der Waals surface area (Å²) in [6.45, 7) is 1.06. The Balaban J connectivity index is 1.92. The lowest BCUT2D eigenvalue weighted by molar-refractivity contribution is 0.888. The molecule has 0 aliphatic heterocycles. The summed E-state index contributed by atoms with van der Waals surface area (Å²) in [5.74, 6) is 0.881. The zero-order valence-electron chi connectivity index (χ0n) is 6.96. The number of aromatic nitrogens is 1. The maximum Gasteiger partial charge on any atom is 0.0547 e. The highest BCUT2D eigenvalue weighted by Gasteiger charge is 2.20. The summed E-state index contributed by atoms with van der Waals surface area (Å²) >= 11 is 0. The number of rotatable bonds is 3. The van der Waals surface area contributed by atoms with Crippen LogP contribution in [0.4, 0.5) is 11.4 Å². The van der Waals surface area contributed by atoms with E-state index in [1.54, 1.807) is 12.4 Å². The van der Waals surface area contributed by atoms with Gasteiger partial charge in [-0.2, -0.15) is 0 Å². The molecule has 1 saturated carbocycles. The van der Waals surface area contributed by atoms with E-state index in [-0.39, 0.29) is 0 Å². The summed E-state index contributed by atoms with van der Waals surface area (Å²) < 4.78 is 0. The fraction of sp³-hybridized carbons (Fsp3) is 0.444. The summed E-state index contributed by atoms with van der Waals surface area (Å²) in [5.41, 5.74) is 7.33. The number of nitrogen functional groups attached to an aromatic ring is 1. The van der Waals surface area contributed by atoms with Gasteiger partial charge in [-0.25, -0.2) is 0 Å². The van der Waals surface area contributed by atoms with Crippen LogP contribution in [0.15, 0.2) is 18.5 Å². The lowest BCUT2D eigenvalue weighted by Gasteiger charge is -2.04. The van der Waals surface area contributed by atoms with Gasteiger partial charge in [0.2, 0.25) is 0 Å². The van der Waals surface area contributed by atoms with Crippen LogP contribution in [-0.2, 0) is 0 Å². The largest absolute Gasteiger partial charge is 0.397 e. The average molecular weight is 163 g/mol. The maximum absolute atomic E-state index is 5.58. The first-order chi connectivity index (χ1) is 5.84. The van der Waals surface area contributed by atoms with Gasteiger partial charge in [-0.15, -0.1) is 0 Å². The Hall–Kier alpha value is -1.25.